The first-order valence-corrected chi connectivity index (χ1v) is 5.57. The summed E-state index contributed by atoms with van der Waals surface area (Å²) in [5.74, 6) is -0.473. The third kappa shape index (κ3) is 2.68. The lowest BCUT2D eigenvalue weighted by atomic mass is 10.2. The molecular weight excluding hydrogens is 247 g/mol. The summed E-state index contributed by atoms with van der Waals surface area (Å²) in [6, 6.07) is 4.36. The van der Waals surface area contributed by atoms with E-state index in [4.69, 9.17) is 22.1 Å². The number of carbonyl (C=O) groups excluding carboxylic acids is 1. The minimum absolute atomic E-state index is 0.0467. The highest BCUT2D eigenvalue weighted by atomic mass is 35.5. The second kappa shape index (κ2) is 4.89. The molecule has 1 aromatic rings. The van der Waals surface area contributed by atoms with Gasteiger partial charge in [-0.25, -0.2) is 9.18 Å². The number of halogens is 2. The fourth-order valence-electron chi connectivity index (χ4n) is 1.68. The number of hydrogen-bond acceptors (Lipinski definition) is 3. The Hall–Kier alpha value is -1.33. The van der Waals surface area contributed by atoms with Crippen LogP contribution in [0.5, 0.6) is 0 Å². The third-order valence-electron chi connectivity index (χ3n) is 2.57. The summed E-state index contributed by atoms with van der Waals surface area (Å²) in [6.07, 6.45) is -0.667. The van der Waals surface area contributed by atoms with Crippen molar-refractivity contribution >= 4 is 17.7 Å². The van der Waals surface area contributed by atoms with Crippen LogP contribution in [-0.2, 0) is 11.3 Å². The van der Waals surface area contributed by atoms with Crippen LogP contribution in [0.2, 0.25) is 5.02 Å². The number of hydrogen-bond donors (Lipinski definition) is 1. The largest absolute Gasteiger partial charge is 0.443 e. The molecule has 0 aliphatic carbocycles. The molecular formula is C11H12ClFN2O2. The van der Waals surface area contributed by atoms with E-state index in [1.807, 2.05) is 0 Å². The van der Waals surface area contributed by atoms with Gasteiger partial charge < -0.3 is 15.4 Å². The van der Waals surface area contributed by atoms with Crippen molar-refractivity contribution in [1.29, 1.82) is 0 Å². The summed E-state index contributed by atoms with van der Waals surface area (Å²) in [7, 11) is 0. The van der Waals surface area contributed by atoms with Gasteiger partial charge in [0.05, 0.1) is 11.6 Å². The van der Waals surface area contributed by atoms with Crippen molar-refractivity contribution in [1.82, 2.24) is 4.90 Å². The smallest absolute Gasteiger partial charge is 0.410 e. The standard InChI is InChI=1S/C11H12ClFN2O2/c12-9-3-7(1-2-10(9)13)5-15-6-8(4-14)17-11(15)16/h1-3,8H,4-6,14H2. The maximum Gasteiger partial charge on any atom is 0.410 e. The van der Waals surface area contributed by atoms with Gasteiger partial charge in [-0.2, -0.15) is 0 Å². The number of nitrogens with two attached hydrogens (primary N) is 1. The van der Waals surface area contributed by atoms with E-state index in [0.717, 1.165) is 5.56 Å². The normalized spacial score (nSPS) is 19.6. The van der Waals surface area contributed by atoms with Crippen LogP contribution in [0.25, 0.3) is 0 Å². The average Bonchev–Trinajstić information content (AvgIpc) is 2.65. The second-order valence-electron chi connectivity index (χ2n) is 3.87. The molecule has 1 aromatic carbocycles. The maximum atomic E-state index is 13.0. The first-order chi connectivity index (χ1) is 8.10. The molecule has 0 bridgehead atoms. The fourth-order valence-corrected chi connectivity index (χ4v) is 1.89. The van der Waals surface area contributed by atoms with Crippen LogP contribution in [-0.4, -0.2) is 30.2 Å². The molecule has 1 fully saturated rings. The average molecular weight is 259 g/mol. The molecule has 1 aliphatic rings. The van der Waals surface area contributed by atoms with E-state index in [0.29, 0.717) is 19.6 Å². The molecule has 0 spiro atoms. The Labute approximate surface area is 103 Å². The Morgan fingerprint density at radius 2 is 2.35 bits per heavy atom. The summed E-state index contributed by atoms with van der Waals surface area (Å²) in [4.78, 5) is 13.0. The van der Waals surface area contributed by atoms with E-state index in [-0.39, 0.29) is 11.1 Å². The Kier molecular flexibility index (Phi) is 3.49. The quantitative estimate of drug-likeness (QED) is 0.899. The van der Waals surface area contributed by atoms with Crippen LogP contribution < -0.4 is 5.73 Å². The zero-order valence-electron chi connectivity index (χ0n) is 9.03. The number of benzene rings is 1. The molecule has 17 heavy (non-hydrogen) atoms. The SMILES string of the molecule is NCC1CN(Cc2ccc(F)c(Cl)c2)C(=O)O1. The van der Waals surface area contributed by atoms with E-state index >= 15 is 0 Å². The summed E-state index contributed by atoms with van der Waals surface area (Å²) < 4.78 is 18.0. The molecule has 2 rings (SSSR count). The molecule has 4 nitrogen and oxygen atoms in total. The van der Waals surface area contributed by atoms with E-state index in [9.17, 15) is 9.18 Å². The maximum absolute atomic E-state index is 13.0. The van der Waals surface area contributed by atoms with Crippen molar-refractivity contribution in [2.24, 2.45) is 5.73 Å². The van der Waals surface area contributed by atoms with Crippen LogP contribution in [0.4, 0.5) is 9.18 Å². The monoisotopic (exact) mass is 258 g/mol. The highest BCUT2D eigenvalue weighted by Gasteiger charge is 2.30. The molecule has 2 N–H and O–H groups in total. The van der Waals surface area contributed by atoms with Crippen molar-refractivity contribution < 1.29 is 13.9 Å². The number of rotatable bonds is 3. The Morgan fingerprint density at radius 1 is 1.59 bits per heavy atom. The van der Waals surface area contributed by atoms with Crippen molar-refractivity contribution in [2.45, 2.75) is 12.6 Å². The molecule has 1 heterocycles. The fraction of sp³-hybridized carbons (Fsp3) is 0.364. The number of carbonyl (C=O) groups is 1. The van der Waals surface area contributed by atoms with E-state index in [1.54, 1.807) is 6.07 Å². The lowest BCUT2D eigenvalue weighted by Crippen LogP contribution is -2.27. The Bertz CT molecular complexity index is 441. The Balaban J connectivity index is 2.06. The second-order valence-corrected chi connectivity index (χ2v) is 4.28. The van der Waals surface area contributed by atoms with Crippen molar-refractivity contribution in [3.63, 3.8) is 0 Å². The minimum atomic E-state index is -0.473. The van der Waals surface area contributed by atoms with Gasteiger partial charge in [0.1, 0.15) is 11.9 Å². The molecule has 1 amide bonds. The van der Waals surface area contributed by atoms with Gasteiger partial charge in [-0.1, -0.05) is 17.7 Å². The molecule has 0 radical (unpaired) electrons. The van der Waals surface area contributed by atoms with Crippen molar-refractivity contribution in [3.05, 3.63) is 34.6 Å². The van der Waals surface area contributed by atoms with Crippen LogP contribution >= 0.6 is 11.6 Å². The van der Waals surface area contributed by atoms with Crippen LogP contribution in [0.15, 0.2) is 18.2 Å². The molecule has 0 aromatic heterocycles. The third-order valence-corrected chi connectivity index (χ3v) is 2.86. The summed E-state index contributed by atoms with van der Waals surface area (Å²) in [6.45, 7) is 1.09. The van der Waals surface area contributed by atoms with Gasteiger partial charge in [-0.3, -0.25) is 0 Å². The zero-order chi connectivity index (χ0) is 12.4. The van der Waals surface area contributed by atoms with Gasteiger partial charge in [-0.15, -0.1) is 0 Å². The van der Waals surface area contributed by atoms with Crippen molar-refractivity contribution in [2.75, 3.05) is 13.1 Å². The predicted molar refractivity (Wildman–Crippen MR) is 61.1 cm³/mol. The summed E-state index contributed by atoms with van der Waals surface area (Å²) in [5, 5.41) is 0.0467. The Morgan fingerprint density at radius 3 is 2.94 bits per heavy atom. The van der Waals surface area contributed by atoms with Gasteiger partial charge >= 0.3 is 6.09 Å². The molecule has 0 saturated carbocycles. The van der Waals surface area contributed by atoms with Crippen LogP contribution in [0.3, 0.4) is 0 Å². The topological polar surface area (TPSA) is 55.6 Å². The first-order valence-electron chi connectivity index (χ1n) is 5.19. The molecule has 1 unspecified atom stereocenters. The lowest BCUT2D eigenvalue weighted by Gasteiger charge is -2.12. The molecule has 1 saturated heterocycles. The van der Waals surface area contributed by atoms with E-state index in [2.05, 4.69) is 0 Å². The highest BCUT2D eigenvalue weighted by molar-refractivity contribution is 6.30. The molecule has 6 heteroatoms. The van der Waals surface area contributed by atoms with Gasteiger partial charge in [0.25, 0.3) is 0 Å². The molecule has 1 atom stereocenters. The number of nitrogens with zero attached hydrogens (tertiary/aromatic N) is 1. The summed E-state index contributed by atoms with van der Waals surface area (Å²) in [5.41, 5.74) is 6.18. The first kappa shape index (κ1) is 12.1. The molecule has 92 valence electrons. The van der Waals surface area contributed by atoms with Crippen molar-refractivity contribution in [3.8, 4) is 0 Å². The van der Waals surface area contributed by atoms with Gasteiger partial charge in [-0.05, 0) is 17.7 Å². The van der Waals surface area contributed by atoms with E-state index < -0.39 is 11.9 Å². The number of ether oxygens (including phenoxy) is 1. The number of cyclic esters (lactones) is 1. The molecule has 1 aliphatic heterocycles. The van der Waals surface area contributed by atoms with E-state index in [1.165, 1.54) is 17.0 Å². The lowest BCUT2D eigenvalue weighted by molar-refractivity contribution is 0.134. The zero-order valence-corrected chi connectivity index (χ0v) is 9.78. The highest BCUT2D eigenvalue weighted by Crippen LogP contribution is 2.19. The van der Waals surface area contributed by atoms with Crippen LogP contribution in [0, 0.1) is 5.82 Å². The minimum Gasteiger partial charge on any atom is -0.443 e. The van der Waals surface area contributed by atoms with Gasteiger partial charge in [0, 0.05) is 13.1 Å². The van der Waals surface area contributed by atoms with Gasteiger partial charge in [0.15, 0.2) is 0 Å². The van der Waals surface area contributed by atoms with Gasteiger partial charge in [0.2, 0.25) is 0 Å². The number of amides is 1. The van der Waals surface area contributed by atoms with Crippen LogP contribution in [0.1, 0.15) is 5.56 Å². The summed E-state index contributed by atoms with van der Waals surface area (Å²) >= 11 is 5.66. The predicted octanol–water partition coefficient (Wildman–Crippen LogP) is 1.76.